The maximum atomic E-state index is 12.9. The standard InChI is InChI=1S/C25H19Cl2NO3/c26-18-6-4-16(5-7-18)10-11-28-14-21-22(30-15-28)9-8-20-24(29)23(31-25(20)21)13-17-2-1-3-19(27)12-17/h1-9,12-13H,10-11,14-15H2/b23-13-. The van der Waals surface area contributed by atoms with Crippen molar-refractivity contribution in [3.8, 4) is 11.5 Å². The van der Waals surface area contributed by atoms with E-state index in [9.17, 15) is 4.79 Å². The lowest BCUT2D eigenvalue weighted by Gasteiger charge is -2.29. The average Bonchev–Trinajstić information content (AvgIpc) is 3.09. The van der Waals surface area contributed by atoms with Crippen molar-refractivity contribution in [3.63, 3.8) is 0 Å². The van der Waals surface area contributed by atoms with Crippen molar-refractivity contribution >= 4 is 35.1 Å². The van der Waals surface area contributed by atoms with Crippen molar-refractivity contribution in [2.75, 3.05) is 13.3 Å². The summed E-state index contributed by atoms with van der Waals surface area (Å²) in [6.07, 6.45) is 2.60. The fourth-order valence-corrected chi connectivity index (χ4v) is 4.16. The second kappa shape index (κ2) is 8.39. The number of benzene rings is 3. The molecule has 0 unspecified atom stereocenters. The number of Topliss-reactive ketones (excluding diaryl/α,β-unsaturated/α-hetero) is 1. The van der Waals surface area contributed by atoms with E-state index in [2.05, 4.69) is 4.90 Å². The topological polar surface area (TPSA) is 38.8 Å². The summed E-state index contributed by atoms with van der Waals surface area (Å²) in [4.78, 5) is 15.1. The van der Waals surface area contributed by atoms with Gasteiger partial charge in [-0.15, -0.1) is 0 Å². The number of hydrogen-bond acceptors (Lipinski definition) is 4. The molecule has 0 atom stereocenters. The summed E-state index contributed by atoms with van der Waals surface area (Å²) in [6, 6.07) is 18.8. The number of carbonyl (C=O) groups excluding carboxylic acids is 1. The van der Waals surface area contributed by atoms with Gasteiger partial charge in [0.05, 0.1) is 11.1 Å². The molecular weight excluding hydrogens is 433 g/mol. The van der Waals surface area contributed by atoms with Crippen molar-refractivity contribution in [2.24, 2.45) is 0 Å². The molecule has 0 spiro atoms. The summed E-state index contributed by atoms with van der Waals surface area (Å²) in [6.45, 7) is 1.98. The zero-order valence-electron chi connectivity index (χ0n) is 16.6. The lowest BCUT2D eigenvalue weighted by Crippen LogP contribution is -2.33. The first-order chi connectivity index (χ1) is 15.1. The molecule has 6 heteroatoms. The van der Waals surface area contributed by atoms with Crippen LogP contribution in [0.5, 0.6) is 11.5 Å². The molecule has 0 aromatic heterocycles. The first-order valence-electron chi connectivity index (χ1n) is 10.0. The van der Waals surface area contributed by atoms with Gasteiger partial charge < -0.3 is 9.47 Å². The van der Waals surface area contributed by atoms with Crippen molar-refractivity contribution < 1.29 is 14.3 Å². The Bertz CT molecular complexity index is 1190. The van der Waals surface area contributed by atoms with E-state index in [-0.39, 0.29) is 5.78 Å². The van der Waals surface area contributed by atoms with Gasteiger partial charge in [-0.1, -0.05) is 47.5 Å². The number of ketones is 1. The van der Waals surface area contributed by atoms with E-state index in [1.165, 1.54) is 5.56 Å². The van der Waals surface area contributed by atoms with E-state index in [0.717, 1.165) is 34.9 Å². The largest absolute Gasteiger partial charge is 0.478 e. The van der Waals surface area contributed by atoms with Crippen LogP contribution in [0.25, 0.3) is 6.08 Å². The Morgan fingerprint density at radius 2 is 1.84 bits per heavy atom. The lowest BCUT2D eigenvalue weighted by atomic mass is 10.0. The van der Waals surface area contributed by atoms with Crippen LogP contribution in [0.2, 0.25) is 10.0 Å². The number of carbonyl (C=O) groups is 1. The van der Waals surface area contributed by atoms with Crippen molar-refractivity contribution in [3.05, 3.63) is 98.7 Å². The fourth-order valence-electron chi connectivity index (χ4n) is 3.83. The Hall–Kier alpha value is -2.79. The van der Waals surface area contributed by atoms with Crippen LogP contribution in [-0.4, -0.2) is 24.0 Å². The molecule has 0 bridgehead atoms. The smallest absolute Gasteiger partial charge is 0.231 e. The molecule has 0 radical (unpaired) electrons. The van der Waals surface area contributed by atoms with E-state index in [1.54, 1.807) is 24.3 Å². The molecule has 0 amide bonds. The number of fused-ring (bicyclic) bond motifs is 3. The highest BCUT2D eigenvalue weighted by Crippen LogP contribution is 2.42. The molecule has 0 saturated carbocycles. The lowest BCUT2D eigenvalue weighted by molar-refractivity contribution is 0.0950. The van der Waals surface area contributed by atoms with E-state index < -0.39 is 0 Å². The minimum atomic E-state index is -0.129. The summed E-state index contributed by atoms with van der Waals surface area (Å²) in [5, 5.41) is 1.34. The molecule has 5 rings (SSSR count). The van der Waals surface area contributed by atoms with Crippen molar-refractivity contribution in [1.82, 2.24) is 4.90 Å². The molecule has 2 aliphatic rings. The fraction of sp³-hybridized carbons (Fsp3) is 0.160. The van der Waals surface area contributed by atoms with Gasteiger partial charge in [-0.3, -0.25) is 9.69 Å². The van der Waals surface area contributed by atoms with Gasteiger partial charge in [0.2, 0.25) is 5.78 Å². The number of rotatable bonds is 4. The van der Waals surface area contributed by atoms with Crippen molar-refractivity contribution in [2.45, 2.75) is 13.0 Å². The van der Waals surface area contributed by atoms with Gasteiger partial charge in [0, 0.05) is 23.1 Å². The van der Waals surface area contributed by atoms with Crippen LogP contribution in [0.4, 0.5) is 0 Å². The second-order valence-electron chi connectivity index (χ2n) is 7.62. The zero-order chi connectivity index (χ0) is 21.4. The first-order valence-corrected chi connectivity index (χ1v) is 10.8. The molecule has 0 aliphatic carbocycles. The van der Waals surface area contributed by atoms with E-state index in [1.807, 2.05) is 42.5 Å². The molecule has 0 fully saturated rings. The third kappa shape index (κ3) is 4.19. The summed E-state index contributed by atoms with van der Waals surface area (Å²) in [5.74, 6) is 1.52. The van der Waals surface area contributed by atoms with E-state index in [4.69, 9.17) is 32.7 Å². The molecule has 3 aromatic carbocycles. The predicted octanol–water partition coefficient (Wildman–Crippen LogP) is 6.00. The maximum Gasteiger partial charge on any atom is 0.231 e. The molecule has 2 heterocycles. The summed E-state index contributed by atoms with van der Waals surface area (Å²) >= 11 is 12.0. The highest BCUT2D eigenvalue weighted by molar-refractivity contribution is 6.31. The van der Waals surface area contributed by atoms with Crippen LogP contribution >= 0.6 is 23.2 Å². The Morgan fingerprint density at radius 3 is 2.65 bits per heavy atom. The number of nitrogens with zero attached hydrogens (tertiary/aromatic N) is 1. The SMILES string of the molecule is O=C1/C(=C/c2cccc(Cl)c2)Oc2c1ccc1c2CN(CCc2ccc(Cl)cc2)CO1. The molecule has 4 nitrogen and oxygen atoms in total. The molecule has 31 heavy (non-hydrogen) atoms. The first kappa shape index (κ1) is 20.1. The molecule has 156 valence electrons. The third-order valence-corrected chi connectivity index (χ3v) is 5.95. The van der Waals surface area contributed by atoms with Gasteiger partial charge in [0.1, 0.15) is 18.2 Å². The maximum absolute atomic E-state index is 12.9. The summed E-state index contributed by atoms with van der Waals surface area (Å²) in [5.41, 5.74) is 3.50. The van der Waals surface area contributed by atoms with Crippen LogP contribution in [0.15, 0.2) is 66.4 Å². The summed E-state index contributed by atoms with van der Waals surface area (Å²) < 4.78 is 12.0. The van der Waals surface area contributed by atoms with Gasteiger partial charge in [-0.25, -0.2) is 0 Å². The van der Waals surface area contributed by atoms with Crippen LogP contribution < -0.4 is 9.47 Å². The van der Waals surface area contributed by atoms with Crippen molar-refractivity contribution in [1.29, 1.82) is 0 Å². The minimum Gasteiger partial charge on any atom is -0.478 e. The quantitative estimate of drug-likeness (QED) is 0.455. The van der Waals surface area contributed by atoms with Crippen LogP contribution in [0.3, 0.4) is 0 Å². The predicted molar refractivity (Wildman–Crippen MR) is 122 cm³/mol. The van der Waals surface area contributed by atoms with E-state index >= 15 is 0 Å². The monoisotopic (exact) mass is 451 g/mol. The average molecular weight is 452 g/mol. The second-order valence-corrected chi connectivity index (χ2v) is 8.49. The Labute approximate surface area is 190 Å². The molecule has 3 aromatic rings. The van der Waals surface area contributed by atoms with Gasteiger partial charge in [0.25, 0.3) is 0 Å². The zero-order valence-corrected chi connectivity index (χ0v) is 18.1. The van der Waals surface area contributed by atoms with Gasteiger partial charge in [-0.2, -0.15) is 0 Å². The molecule has 0 saturated heterocycles. The number of ether oxygens (including phenoxy) is 2. The van der Waals surface area contributed by atoms with E-state index in [0.29, 0.717) is 35.4 Å². The number of allylic oxidation sites excluding steroid dienone is 1. The van der Waals surface area contributed by atoms with Gasteiger partial charge in [0.15, 0.2) is 5.76 Å². The van der Waals surface area contributed by atoms with Crippen LogP contribution in [0.1, 0.15) is 27.0 Å². The van der Waals surface area contributed by atoms with Gasteiger partial charge >= 0.3 is 0 Å². The Morgan fingerprint density at radius 1 is 1.00 bits per heavy atom. The Balaban J connectivity index is 1.36. The number of hydrogen-bond donors (Lipinski definition) is 0. The molecular formula is C25H19Cl2NO3. The summed E-state index contributed by atoms with van der Waals surface area (Å²) in [7, 11) is 0. The number of halogens is 2. The minimum absolute atomic E-state index is 0.129. The molecule has 2 aliphatic heterocycles. The third-order valence-electron chi connectivity index (χ3n) is 5.46. The van der Waals surface area contributed by atoms with Crippen LogP contribution in [-0.2, 0) is 13.0 Å². The molecule has 0 N–H and O–H groups in total. The Kier molecular flexibility index (Phi) is 5.45. The highest BCUT2D eigenvalue weighted by Gasteiger charge is 2.33. The van der Waals surface area contributed by atoms with Gasteiger partial charge in [-0.05, 0) is 60.0 Å². The normalized spacial score (nSPS) is 16.6. The highest BCUT2D eigenvalue weighted by atomic mass is 35.5. The van der Waals surface area contributed by atoms with Crippen LogP contribution in [0, 0.1) is 0 Å².